The van der Waals surface area contributed by atoms with Gasteiger partial charge in [-0.2, -0.15) is 0 Å². The van der Waals surface area contributed by atoms with Crippen LogP contribution < -0.4 is 0 Å². The van der Waals surface area contributed by atoms with Crippen LogP contribution in [0.25, 0.3) is 88.0 Å². The first kappa shape index (κ1) is 26.0. The summed E-state index contributed by atoms with van der Waals surface area (Å²) in [5.41, 5.74) is 6.59. The molecule has 0 saturated carbocycles. The number of para-hydroxylation sites is 3. The second-order valence-corrected chi connectivity index (χ2v) is 12.4. The molecule has 8 heteroatoms. The molecule has 10 aromatic rings. The van der Waals surface area contributed by atoms with Crippen molar-refractivity contribution in [2.75, 3.05) is 0 Å². The smallest absolute Gasteiger partial charge is 0.221 e. The van der Waals surface area contributed by atoms with E-state index in [2.05, 4.69) is 75.7 Å². The normalized spacial score (nSPS) is 11.8. The Morgan fingerprint density at radius 3 is 1.96 bits per heavy atom. The number of pyridine rings is 1. The van der Waals surface area contributed by atoms with Gasteiger partial charge in [0.05, 0.1) is 26.8 Å². The van der Waals surface area contributed by atoms with Gasteiger partial charge in [0.2, 0.25) is 5.78 Å². The Morgan fingerprint density at radius 2 is 1.17 bits per heavy atom. The van der Waals surface area contributed by atoms with E-state index < -0.39 is 0 Å². The van der Waals surface area contributed by atoms with Crippen molar-refractivity contribution in [3.8, 4) is 40.0 Å². The van der Waals surface area contributed by atoms with Crippen LogP contribution in [0.1, 0.15) is 0 Å². The third-order valence-electron chi connectivity index (χ3n) is 8.65. The van der Waals surface area contributed by atoms with Crippen LogP contribution in [0.2, 0.25) is 0 Å². The van der Waals surface area contributed by atoms with E-state index >= 15 is 0 Å². The number of benzene rings is 5. The van der Waals surface area contributed by atoms with Crippen molar-refractivity contribution >= 4 is 59.4 Å². The summed E-state index contributed by atoms with van der Waals surface area (Å²) in [5.74, 6) is 3.42. The maximum atomic E-state index is 5.19. The summed E-state index contributed by atoms with van der Waals surface area (Å²) >= 11 is 1.75. The molecule has 0 amide bonds. The highest BCUT2D eigenvalue weighted by Crippen LogP contribution is 2.40. The third kappa shape index (κ3) is 3.95. The number of aromatic nitrogens is 7. The molecule has 0 radical (unpaired) electrons. The van der Waals surface area contributed by atoms with Crippen LogP contribution in [0.5, 0.6) is 0 Å². The molecule has 0 fully saturated rings. The average Bonchev–Trinajstić information content (AvgIpc) is 3.81. The lowest BCUT2D eigenvalue weighted by molar-refractivity contribution is 1.05. The Hall–Kier alpha value is -6.25. The molecule has 0 aliphatic carbocycles. The Morgan fingerprint density at radius 1 is 0.511 bits per heavy atom. The molecule has 5 heterocycles. The number of rotatable bonds is 4. The van der Waals surface area contributed by atoms with Gasteiger partial charge in [-0.1, -0.05) is 97.1 Å². The molecule has 0 saturated heterocycles. The summed E-state index contributed by atoms with van der Waals surface area (Å²) in [6, 6.07) is 45.3. The largest absolute Gasteiger partial charge is 0.276 e. The van der Waals surface area contributed by atoms with Crippen molar-refractivity contribution in [1.29, 1.82) is 0 Å². The van der Waals surface area contributed by atoms with E-state index in [0.717, 1.165) is 55.1 Å². The van der Waals surface area contributed by atoms with Crippen molar-refractivity contribution in [2.45, 2.75) is 0 Å². The monoisotopic (exact) mass is 621 g/mol. The van der Waals surface area contributed by atoms with Crippen LogP contribution >= 0.6 is 11.3 Å². The highest BCUT2D eigenvalue weighted by atomic mass is 32.1. The minimum Gasteiger partial charge on any atom is -0.276 e. The van der Waals surface area contributed by atoms with E-state index in [0.29, 0.717) is 17.5 Å². The van der Waals surface area contributed by atoms with Crippen molar-refractivity contribution in [1.82, 2.24) is 33.9 Å². The van der Waals surface area contributed by atoms with Crippen LogP contribution in [0.4, 0.5) is 0 Å². The number of thiophene rings is 1. The Labute approximate surface area is 272 Å². The van der Waals surface area contributed by atoms with Gasteiger partial charge in [-0.25, -0.2) is 24.9 Å². The molecule has 7 nitrogen and oxygen atoms in total. The summed E-state index contributed by atoms with van der Waals surface area (Å²) in [6.07, 6.45) is 1.90. The second-order valence-electron chi connectivity index (χ2n) is 11.4. The molecule has 0 aliphatic rings. The zero-order valence-electron chi connectivity index (χ0n) is 24.8. The standard InChI is InChI=1S/C39H23N7S/c1-3-12-24(13-4-1)35-42-36(25-14-5-2-6-15-25)44-37(43-35)28-17-11-20-31-33(28)46(39-41-29-18-8-9-19-30(29)45(31)39)38-34-27(22-23-40-38)26-16-7-10-21-32(26)47-34/h1-23H. The Kier molecular flexibility index (Phi) is 5.61. The third-order valence-corrected chi connectivity index (χ3v) is 9.83. The molecule has 47 heavy (non-hydrogen) atoms. The molecule has 5 aromatic carbocycles. The zero-order chi connectivity index (χ0) is 30.9. The van der Waals surface area contributed by atoms with Crippen LogP contribution in [-0.2, 0) is 0 Å². The van der Waals surface area contributed by atoms with Crippen LogP contribution in [0.15, 0.2) is 140 Å². The topological polar surface area (TPSA) is 73.8 Å². The summed E-state index contributed by atoms with van der Waals surface area (Å²) < 4.78 is 6.73. The van der Waals surface area contributed by atoms with Crippen LogP contribution in [-0.4, -0.2) is 33.9 Å². The first-order valence-corrected chi connectivity index (χ1v) is 16.2. The van der Waals surface area contributed by atoms with Gasteiger partial charge in [0, 0.05) is 38.4 Å². The lowest BCUT2D eigenvalue weighted by atomic mass is 10.1. The van der Waals surface area contributed by atoms with Gasteiger partial charge in [0.1, 0.15) is 0 Å². The SMILES string of the molecule is c1ccc(-c2nc(-c3ccccc3)nc(-c3cccc4c3n(-c3nccc5c3sc3ccccc35)c3nc5ccccc5n43)n2)cc1. The lowest BCUT2D eigenvalue weighted by Gasteiger charge is -2.11. The Balaban J connectivity index is 1.35. The van der Waals surface area contributed by atoms with Crippen molar-refractivity contribution in [3.05, 3.63) is 140 Å². The molecule has 10 rings (SSSR count). The number of nitrogens with zero attached hydrogens (tertiary/aromatic N) is 7. The molecule has 220 valence electrons. The quantitative estimate of drug-likeness (QED) is 0.196. The molecule has 0 aliphatic heterocycles. The molecule has 0 atom stereocenters. The van der Waals surface area contributed by atoms with Crippen molar-refractivity contribution in [2.24, 2.45) is 0 Å². The molecule has 0 N–H and O–H groups in total. The van der Waals surface area contributed by atoms with Gasteiger partial charge in [0.25, 0.3) is 0 Å². The first-order chi connectivity index (χ1) is 23.3. The molecule has 5 aromatic heterocycles. The van der Waals surface area contributed by atoms with E-state index in [1.165, 1.54) is 15.5 Å². The van der Waals surface area contributed by atoms with E-state index in [1.807, 2.05) is 72.9 Å². The molecule has 0 spiro atoms. The zero-order valence-corrected chi connectivity index (χ0v) is 25.6. The summed E-state index contributed by atoms with van der Waals surface area (Å²) in [5, 5.41) is 2.39. The van der Waals surface area contributed by atoms with Gasteiger partial charge < -0.3 is 0 Å². The number of hydrogen-bond donors (Lipinski definition) is 0. The lowest BCUT2D eigenvalue weighted by Crippen LogP contribution is -2.03. The van der Waals surface area contributed by atoms with E-state index in [-0.39, 0.29) is 0 Å². The molecular formula is C39H23N7S. The van der Waals surface area contributed by atoms with Crippen LogP contribution in [0.3, 0.4) is 0 Å². The summed E-state index contributed by atoms with van der Waals surface area (Å²) in [4.78, 5) is 25.4. The summed E-state index contributed by atoms with van der Waals surface area (Å²) in [7, 11) is 0. The average molecular weight is 622 g/mol. The predicted molar refractivity (Wildman–Crippen MR) is 190 cm³/mol. The fraction of sp³-hybridized carbons (Fsp3) is 0. The minimum absolute atomic E-state index is 0.582. The number of imidazole rings is 2. The molecule has 0 bridgehead atoms. The Bertz CT molecular complexity index is 2740. The second kappa shape index (κ2) is 10.1. The van der Waals surface area contributed by atoms with Crippen LogP contribution in [0, 0.1) is 0 Å². The van der Waals surface area contributed by atoms with E-state index in [4.69, 9.17) is 24.9 Å². The summed E-state index contributed by atoms with van der Waals surface area (Å²) in [6.45, 7) is 0. The number of hydrogen-bond acceptors (Lipinski definition) is 6. The first-order valence-electron chi connectivity index (χ1n) is 15.4. The number of fused-ring (bicyclic) bond motifs is 8. The van der Waals surface area contributed by atoms with Gasteiger partial charge in [-0.3, -0.25) is 8.97 Å². The van der Waals surface area contributed by atoms with Gasteiger partial charge in [0.15, 0.2) is 23.3 Å². The fourth-order valence-electron chi connectivity index (χ4n) is 6.55. The van der Waals surface area contributed by atoms with Crippen molar-refractivity contribution in [3.63, 3.8) is 0 Å². The maximum Gasteiger partial charge on any atom is 0.221 e. The van der Waals surface area contributed by atoms with E-state index in [9.17, 15) is 0 Å². The highest BCUT2D eigenvalue weighted by molar-refractivity contribution is 7.26. The van der Waals surface area contributed by atoms with Gasteiger partial charge in [-0.05, 0) is 36.4 Å². The minimum atomic E-state index is 0.582. The maximum absolute atomic E-state index is 5.19. The molecule has 0 unspecified atom stereocenters. The molecular weight excluding hydrogens is 599 g/mol. The van der Waals surface area contributed by atoms with Gasteiger partial charge in [-0.15, -0.1) is 11.3 Å². The highest BCUT2D eigenvalue weighted by Gasteiger charge is 2.24. The van der Waals surface area contributed by atoms with Crippen molar-refractivity contribution < 1.29 is 0 Å². The fourth-order valence-corrected chi connectivity index (χ4v) is 7.73. The predicted octanol–water partition coefficient (Wildman–Crippen LogP) is 9.38. The van der Waals surface area contributed by atoms with E-state index in [1.54, 1.807) is 11.3 Å². The van der Waals surface area contributed by atoms with Gasteiger partial charge >= 0.3 is 0 Å².